The molecule has 1 saturated carbocycles. The zero-order valence-electron chi connectivity index (χ0n) is 10.9. The highest BCUT2D eigenvalue weighted by Crippen LogP contribution is 2.27. The lowest BCUT2D eigenvalue weighted by Gasteiger charge is -2.14. The van der Waals surface area contributed by atoms with E-state index in [1.807, 2.05) is 0 Å². The van der Waals surface area contributed by atoms with Crippen molar-refractivity contribution < 1.29 is 0 Å². The summed E-state index contributed by atoms with van der Waals surface area (Å²) in [6.45, 7) is 8.62. The summed E-state index contributed by atoms with van der Waals surface area (Å²) in [5.41, 5.74) is 3.68. The van der Waals surface area contributed by atoms with Crippen molar-refractivity contribution in [2.24, 2.45) is 0 Å². The van der Waals surface area contributed by atoms with Crippen LogP contribution in [0.5, 0.6) is 0 Å². The third-order valence-electron chi connectivity index (χ3n) is 3.52. The van der Waals surface area contributed by atoms with Gasteiger partial charge in [-0.1, -0.05) is 12.8 Å². The van der Waals surface area contributed by atoms with E-state index < -0.39 is 0 Å². The van der Waals surface area contributed by atoms with Crippen LogP contribution in [0.4, 0.5) is 5.69 Å². The van der Waals surface area contributed by atoms with Crippen LogP contribution in [0.25, 0.3) is 0 Å². The van der Waals surface area contributed by atoms with Crippen LogP contribution in [0, 0.1) is 13.8 Å². The van der Waals surface area contributed by atoms with Crippen LogP contribution in [0.2, 0.25) is 0 Å². The molecule has 0 amide bonds. The maximum Gasteiger partial charge on any atom is 0.0828 e. The minimum Gasteiger partial charge on any atom is -0.379 e. The summed E-state index contributed by atoms with van der Waals surface area (Å²) in [6.07, 6.45) is 5.36. The fraction of sp³-hybridized carbons (Fsp3) is 0.769. The Morgan fingerprint density at radius 2 is 1.88 bits per heavy atom. The van der Waals surface area contributed by atoms with Crippen molar-refractivity contribution in [2.75, 3.05) is 5.32 Å². The van der Waals surface area contributed by atoms with Crippen molar-refractivity contribution in [3.05, 3.63) is 11.4 Å². The lowest BCUT2D eigenvalue weighted by atomic mass is 10.2. The first-order valence-corrected chi connectivity index (χ1v) is 6.42. The molecule has 1 N–H and O–H groups in total. The van der Waals surface area contributed by atoms with Crippen LogP contribution in [0.15, 0.2) is 0 Å². The Hall–Kier alpha value is -0.990. The van der Waals surface area contributed by atoms with Crippen molar-refractivity contribution in [1.29, 1.82) is 0 Å². The van der Waals surface area contributed by atoms with Gasteiger partial charge >= 0.3 is 0 Å². The number of rotatable bonds is 3. The molecule has 0 bridgehead atoms. The smallest absolute Gasteiger partial charge is 0.0828 e. The monoisotopic (exact) mass is 221 g/mol. The number of hydrogen-bond acceptors (Lipinski definition) is 2. The Kier molecular flexibility index (Phi) is 3.22. The summed E-state index contributed by atoms with van der Waals surface area (Å²) < 4.78 is 2.12. The molecule has 1 fully saturated rings. The molecule has 90 valence electrons. The zero-order chi connectivity index (χ0) is 11.7. The topological polar surface area (TPSA) is 29.9 Å². The number of aryl methyl sites for hydroxylation is 1. The lowest BCUT2D eigenvalue weighted by Crippen LogP contribution is -2.15. The second-order valence-electron chi connectivity index (χ2n) is 5.21. The molecule has 1 aliphatic rings. The van der Waals surface area contributed by atoms with Crippen LogP contribution < -0.4 is 5.32 Å². The van der Waals surface area contributed by atoms with Gasteiger partial charge in [0.05, 0.1) is 17.1 Å². The molecule has 0 unspecified atom stereocenters. The van der Waals surface area contributed by atoms with Gasteiger partial charge in [-0.3, -0.25) is 4.68 Å². The molecular formula is C13H23N3. The van der Waals surface area contributed by atoms with Crippen molar-refractivity contribution in [1.82, 2.24) is 9.78 Å². The third kappa shape index (κ3) is 2.08. The Morgan fingerprint density at radius 3 is 2.38 bits per heavy atom. The minimum absolute atomic E-state index is 0.442. The largest absolute Gasteiger partial charge is 0.379 e. The molecule has 2 rings (SSSR count). The van der Waals surface area contributed by atoms with Crippen LogP contribution in [-0.4, -0.2) is 15.8 Å². The van der Waals surface area contributed by atoms with Gasteiger partial charge < -0.3 is 5.32 Å². The van der Waals surface area contributed by atoms with Gasteiger partial charge in [0.15, 0.2) is 0 Å². The molecule has 0 spiro atoms. The Balaban J connectivity index is 2.19. The summed E-state index contributed by atoms with van der Waals surface area (Å²) >= 11 is 0. The molecule has 3 nitrogen and oxygen atoms in total. The average Bonchev–Trinajstić information content (AvgIpc) is 2.81. The maximum atomic E-state index is 4.61. The number of hydrogen-bond donors (Lipinski definition) is 1. The maximum absolute atomic E-state index is 4.61. The molecule has 0 saturated heterocycles. The van der Waals surface area contributed by atoms with Crippen molar-refractivity contribution >= 4 is 5.69 Å². The molecule has 16 heavy (non-hydrogen) atoms. The predicted molar refractivity (Wildman–Crippen MR) is 68.0 cm³/mol. The summed E-state index contributed by atoms with van der Waals surface area (Å²) in [7, 11) is 0. The molecule has 0 radical (unpaired) electrons. The van der Waals surface area contributed by atoms with Crippen LogP contribution in [-0.2, 0) is 0 Å². The van der Waals surface area contributed by atoms with Gasteiger partial charge in [-0.15, -0.1) is 0 Å². The van der Waals surface area contributed by atoms with E-state index in [1.165, 1.54) is 37.1 Å². The van der Waals surface area contributed by atoms with Gasteiger partial charge in [0.25, 0.3) is 0 Å². The standard InChI is InChI=1S/C13H23N3/c1-9(2)16-11(4)13(10(3)15-16)14-12-7-5-6-8-12/h9,12,14H,5-8H2,1-4H3. The normalized spacial score (nSPS) is 17.3. The fourth-order valence-corrected chi connectivity index (χ4v) is 2.65. The highest BCUT2D eigenvalue weighted by molar-refractivity contribution is 5.53. The molecule has 1 aliphatic carbocycles. The van der Waals surface area contributed by atoms with E-state index in [2.05, 4.69) is 42.8 Å². The first kappa shape index (κ1) is 11.5. The molecule has 1 heterocycles. The van der Waals surface area contributed by atoms with Crippen LogP contribution >= 0.6 is 0 Å². The Labute approximate surface area is 98.2 Å². The third-order valence-corrected chi connectivity index (χ3v) is 3.52. The van der Waals surface area contributed by atoms with Crippen molar-refractivity contribution in [3.8, 4) is 0 Å². The predicted octanol–water partition coefficient (Wildman–Crippen LogP) is 3.44. The number of aromatic nitrogens is 2. The van der Waals surface area contributed by atoms with E-state index >= 15 is 0 Å². The average molecular weight is 221 g/mol. The second-order valence-corrected chi connectivity index (χ2v) is 5.21. The molecule has 0 atom stereocenters. The van der Waals surface area contributed by atoms with E-state index in [9.17, 15) is 0 Å². The van der Waals surface area contributed by atoms with Gasteiger partial charge in [-0.25, -0.2) is 0 Å². The van der Waals surface area contributed by atoms with E-state index in [1.54, 1.807) is 0 Å². The van der Waals surface area contributed by atoms with E-state index in [4.69, 9.17) is 0 Å². The first-order valence-electron chi connectivity index (χ1n) is 6.42. The molecule has 1 aromatic heterocycles. The second kappa shape index (κ2) is 4.48. The van der Waals surface area contributed by atoms with Gasteiger partial charge in [-0.2, -0.15) is 5.10 Å². The summed E-state index contributed by atoms with van der Waals surface area (Å²) in [6, 6.07) is 1.11. The Bertz CT molecular complexity index is 359. The minimum atomic E-state index is 0.442. The van der Waals surface area contributed by atoms with Crippen molar-refractivity contribution in [3.63, 3.8) is 0 Å². The summed E-state index contributed by atoms with van der Waals surface area (Å²) in [4.78, 5) is 0. The first-order chi connectivity index (χ1) is 7.59. The molecular weight excluding hydrogens is 198 g/mol. The molecule has 1 aromatic rings. The fourth-order valence-electron chi connectivity index (χ4n) is 2.65. The van der Waals surface area contributed by atoms with E-state index in [0.717, 1.165) is 5.69 Å². The summed E-state index contributed by atoms with van der Waals surface area (Å²) in [5, 5.41) is 8.28. The molecule has 0 aromatic carbocycles. The van der Waals surface area contributed by atoms with Crippen LogP contribution in [0.1, 0.15) is 57.0 Å². The molecule has 3 heteroatoms. The van der Waals surface area contributed by atoms with E-state index in [0.29, 0.717) is 12.1 Å². The van der Waals surface area contributed by atoms with Gasteiger partial charge in [-0.05, 0) is 40.5 Å². The van der Waals surface area contributed by atoms with Crippen LogP contribution in [0.3, 0.4) is 0 Å². The number of nitrogens with one attached hydrogen (secondary N) is 1. The van der Waals surface area contributed by atoms with Gasteiger partial charge in [0, 0.05) is 12.1 Å². The summed E-state index contributed by atoms with van der Waals surface area (Å²) in [5.74, 6) is 0. The number of nitrogens with zero attached hydrogens (tertiary/aromatic N) is 2. The van der Waals surface area contributed by atoms with Gasteiger partial charge in [0.2, 0.25) is 0 Å². The Morgan fingerprint density at radius 1 is 1.25 bits per heavy atom. The quantitative estimate of drug-likeness (QED) is 0.847. The zero-order valence-corrected chi connectivity index (χ0v) is 10.9. The lowest BCUT2D eigenvalue weighted by molar-refractivity contribution is 0.516. The van der Waals surface area contributed by atoms with Crippen molar-refractivity contribution in [2.45, 2.75) is 65.5 Å². The molecule has 0 aliphatic heterocycles. The number of anilines is 1. The highest BCUT2D eigenvalue weighted by atomic mass is 15.3. The van der Waals surface area contributed by atoms with Gasteiger partial charge in [0.1, 0.15) is 0 Å². The SMILES string of the molecule is Cc1nn(C(C)C)c(C)c1NC1CCCC1. The highest BCUT2D eigenvalue weighted by Gasteiger charge is 2.19. The van der Waals surface area contributed by atoms with E-state index in [-0.39, 0.29) is 0 Å².